The van der Waals surface area contributed by atoms with E-state index in [1.54, 1.807) is 0 Å². The SMILES string of the molecule is Cc1nc2c(N3CCOCC3)nccn2c1-c1cn[nH]c1. The van der Waals surface area contributed by atoms with Crippen LogP contribution in [-0.4, -0.2) is 50.9 Å². The van der Waals surface area contributed by atoms with Crippen molar-refractivity contribution in [1.82, 2.24) is 24.6 Å². The standard InChI is InChI=1S/C14H16N6O/c1-10-12(11-8-16-17-9-11)20-3-2-15-13(14(20)18-10)19-4-6-21-7-5-19/h2-3,8-9H,4-7H2,1H3,(H,16,17). The van der Waals surface area contributed by atoms with Crippen molar-refractivity contribution in [3.8, 4) is 11.3 Å². The molecule has 7 heteroatoms. The number of ether oxygens (including phenoxy) is 1. The van der Waals surface area contributed by atoms with Crippen LogP contribution in [0.1, 0.15) is 5.69 Å². The molecule has 1 fully saturated rings. The lowest BCUT2D eigenvalue weighted by Gasteiger charge is -2.27. The van der Waals surface area contributed by atoms with Crippen LogP contribution >= 0.6 is 0 Å². The Balaban J connectivity index is 1.89. The first-order valence-corrected chi connectivity index (χ1v) is 7.00. The maximum Gasteiger partial charge on any atom is 0.181 e. The van der Waals surface area contributed by atoms with Gasteiger partial charge in [0.1, 0.15) is 0 Å². The quantitative estimate of drug-likeness (QED) is 0.767. The summed E-state index contributed by atoms with van der Waals surface area (Å²) >= 11 is 0. The van der Waals surface area contributed by atoms with Gasteiger partial charge in [-0.15, -0.1) is 0 Å². The van der Waals surface area contributed by atoms with Gasteiger partial charge >= 0.3 is 0 Å². The molecule has 0 aliphatic carbocycles. The van der Waals surface area contributed by atoms with Crippen LogP contribution in [0.25, 0.3) is 16.9 Å². The number of nitrogens with zero attached hydrogens (tertiary/aromatic N) is 5. The smallest absolute Gasteiger partial charge is 0.181 e. The fourth-order valence-electron chi connectivity index (χ4n) is 2.80. The van der Waals surface area contributed by atoms with Crippen LogP contribution in [0.2, 0.25) is 0 Å². The van der Waals surface area contributed by atoms with Crippen LogP contribution in [0.15, 0.2) is 24.8 Å². The number of aromatic amines is 1. The van der Waals surface area contributed by atoms with Crippen LogP contribution < -0.4 is 4.90 Å². The highest BCUT2D eigenvalue weighted by Gasteiger charge is 2.20. The number of hydrogen-bond acceptors (Lipinski definition) is 5. The summed E-state index contributed by atoms with van der Waals surface area (Å²) < 4.78 is 7.49. The first kappa shape index (κ1) is 12.3. The van der Waals surface area contributed by atoms with Gasteiger partial charge in [0.05, 0.1) is 30.8 Å². The van der Waals surface area contributed by atoms with Gasteiger partial charge < -0.3 is 9.64 Å². The Kier molecular flexibility index (Phi) is 2.85. The molecule has 0 radical (unpaired) electrons. The van der Waals surface area contributed by atoms with Crippen molar-refractivity contribution in [3.05, 3.63) is 30.5 Å². The van der Waals surface area contributed by atoms with E-state index in [9.17, 15) is 0 Å². The molecule has 1 aliphatic rings. The number of H-pyrrole nitrogens is 1. The molecule has 1 saturated heterocycles. The Labute approximate surface area is 121 Å². The second kappa shape index (κ2) is 4.85. The Morgan fingerprint density at radius 2 is 2.14 bits per heavy atom. The van der Waals surface area contributed by atoms with Gasteiger partial charge in [0, 0.05) is 37.2 Å². The lowest BCUT2D eigenvalue weighted by atomic mass is 10.2. The van der Waals surface area contributed by atoms with E-state index >= 15 is 0 Å². The minimum absolute atomic E-state index is 0.733. The summed E-state index contributed by atoms with van der Waals surface area (Å²) in [5.41, 5.74) is 3.93. The van der Waals surface area contributed by atoms with E-state index in [-0.39, 0.29) is 0 Å². The number of fused-ring (bicyclic) bond motifs is 1. The Morgan fingerprint density at radius 1 is 1.29 bits per heavy atom. The van der Waals surface area contributed by atoms with Crippen molar-refractivity contribution in [3.63, 3.8) is 0 Å². The molecule has 7 nitrogen and oxygen atoms in total. The lowest BCUT2D eigenvalue weighted by Crippen LogP contribution is -2.37. The summed E-state index contributed by atoms with van der Waals surface area (Å²) in [6, 6.07) is 0. The van der Waals surface area contributed by atoms with Gasteiger partial charge in [0.2, 0.25) is 0 Å². The fraction of sp³-hybridized carbons (Fsp3) is 0.357. The van der Waals surface area contributed by atoms with Crippen LogP contribution in [-0.2, 0) is 4.74 Å². The number of aryl methyl sites for hydroxylation is 1. The second-order valence-corrected chi connectivity index (χ2v) is 5.08. The lowest BCUT2D eigenvalue weighted by molar-refractivity contribution is 0.122. The molecule has 3 aromatic rings. The van der Waals surface area contributed by atoms with Gasteiger partial charge in [-0.1, -0.05) is 0 Å². The van der Waals surface area contributed by atoms with E-state index in [0.29, 0.717) is 0 Å². The van der Waals surface area contributed by atoms with E-state index in [1.165, 1.54) is 0 Å². The minimum atomic E-state index is 0.733. The van der Waals surface area contributed by atoms with Crippen molar-refractivity contribution in [1.29, 1.82) is 0 Å². The van der Waals surface area contributed by atoms with Crippen molar-refractivity contribution >= 4 is 11.5 Å². The van der Waals surface area contributed by atoms with Gasteiger partial charge in [-0.25, -0.2) is 9.97 Å². The number of rotatable bonds is 2. The van der Waals surface area contributed by atoms with E-state index in [1.807, 2.05) is 31.7 Å². The molecule has 0 unspecified atom stereocenters. The van der Waals surface area contributed by atoms with Crippen LogP contribution in [0, 0.1) is 6.92 Å². The maximum absolute atomic E-state index is 5.41. The average Bonchev–Trinajstić information content (AvgIpc) is 3.14. The number of imidazole rings is 1. The molecule has 1 aliphatic heterocycles. The third-order valence-electron chi connectivity index (χ3n) is 3.78. The normalized spacial score (nSPS) is 15.8. The number of hydrogen-bond donors (Lipinski definition) is 1. The van der Waals surface area contributed by atoms with Crippen molar-refractivity contribution in [2.75, 3.05) is 31.2 Å². The zero-order chi connectivity index (χ0) is 14.2. The number of anilines is 1. The molecule has 0 atom stereocenters. The topological polar surface area (TPSA) is 71.3 Å². The van der Waals surface area contributed by atoms with Crippen molar-refractivity contribution in [2.45, 2.75) is 6.92 Å². The summed E-state index contributed by atoms with van der Waals surface area (Å²) in [5, 5.41) is 6.88. The molecular weight excluding hydrogens is 268 g/mol. The first-order chi connectivity index (χ1) is 10.3. The van der Waals surface area contributed by atoms with Gasteiger partial charge in [-0.05, 0) is 6.92 Å². The summed E-state index contributed by atoms with van der Waals surface area (Å²) in [6.07, 6.45) is 7.46. The minimum Gasteiger partial charge on any atom is -0.378 e. The molecule has 21 heavy (non-hydrogen) atoms. The van der Waals surface area contributed by atoms with Gasteiger partial charge in [0.25, 0.3) is 0 Å². The summed E-state index contributed by atoms with van der Waals surface area (Å²) in [7, 11) is 0. The molecule has 4 rings (SSSR count). The highest BCUT2D eigenvalue weighted by Crippen LogP contribution is 2.27. The van der Waals surface area contributed by atoms with E-state index in [0.717, 1.165) is 54.7 Å². The van der Waals surface area contributed by atoms with Crippen molar-refractivity contribution in [2.24, 2.45) is 0 Å². The molecule has 3 aromatic heterocycles. The number of aromatic nitrogens is 5. The second-order valence-electron chi connectivity index (χ2n) is 5.08. The Morgan fingerprint density at radius 3 is 2.90 bits per heavy atom. The zero-order valence-corrected chi connectivity index (χ0v) is 11.8. The molecular formula is C14H16N6O. The summed E-state index contributed by atoms with van der Waals surface area (Å²) in [5.74, 6) is 0.915. The molecule has 0 saturated carbocycles. The van der Waals surface area contributed by atoms with E-state index in [4.69, 9.17) is 9.72 Å². The monoisotopic (exact) mass is 284 g/mol. The third kappa shape index (κ3) is 1.97. The average molecular weight is 284 g/mol. The highest BCUT2D eigenvalue weighted by molar-refractivity contribution is 5.73. The molecule has 0 spiro atoms. The van der Waals surface area contributed by atoms with Crippen LogP contribution in [0.5, 0.6) is 0 Å². The first-order valence-electron chi connectivity index (χ1n) is 7.00. The zero-order valence-electron chi connectivity index (χ0n) is 11.8. The molecule has 0 aromatic carbocycles. The highest BCUT2D eigenvalue weighted by atomic mass is 16.5. The molecule has 0 amide bonds. The molecule has 108 valence electrons. The molecule has 1 N–H and O–H groups in total. The number of morpholine rings is 1. The summed E-state index contributed by atoms with van der Waals surface area (Å²) in [4.78, 5) is 11.5. The summed E-state index contributed by atoms with van der Waals surface area (Å²) in [6.45, 7) is 5.17. The largest absolute Gasteiger partial charge is 0.378 e. The van der Waals surface area contributed by atoms with Gasteiger partial charge in [0.15, 0.2) is 11.5 Å². The Bertz CT molecular complexity index is 757. The predicted molar refractivity (Wildman–Crippen MR) is 78.3 cm³/mol. The van der Waals surface area contributed by atoms with Gasteiger partial charge in [-0.2, -0.15) is 5.10 Å². The maximum atomic E-state index is 5.41. The van der Waals surface area contributed by atoms with Gasteiger partial charge in [-0.3, -0.25) is 9.50 Å². The molecule has 0 bridgehead atoms. The van der Waals surface area contributed by atoms with E-state index in [2.05, 4.69) is 24.5 Å². The van der Waals surface area contributed by atoms with Crippen LogP contribution in [0.3, 0.4) is 0 Å². The van der Waals surface area contributed by atoms with E-state index < -0.39 is 0 Å². The molecule has 4 heterocycles. The van der Waals surface area contributed by atoms with Crippen LogP contribution in [0.4, 0.5) is 5.82 Å². The Hall–Kier alpha value is -2.41. The fourth-order valence-corrected chi connectivity index (χ4v) is 2.80. The van der Waals surface area contributed by atoms with Crippen molar-refractivity contribution < 1.29 is 4.74 Å². The number of nitrogens with one attached hydrogen (secondary N) is 1. The predicted octanol–water partition coefficient (Wildman–Crippen LogP) is 1.26. The third-order valence-corrected chi connectivity index (χ3v) is 3.78.